The minimum atomic E-state index is -0.296. The van der Waals surface area contributed by atoms with Crippen molar-refractivity contribution < 1.29 is 4.42 Å². The zero-order chi connectivity index (χ0) is 76.4. The zero-order valence-corrected chi connectivity index (χ0v) is 66.6. The van der Waals surface area contributed by atoms with Crippen LogP contribution in [-0.2, 0) is 21.7 Å². The molecule has 0 bridgehead atoms. The summed E-state index contributed by atoms with van der Waals surface area (Å²) in [6, 6.07) is 121. The van der Waals surface area contributed by atoms with Crippen molar-refractivity contribution >= 4 is 132 Å². The maximum Gasteiger partial charge on any atom is 0.252 e. The number of hydrogen-bond acceptors (Lipinski definition) is 4. The van der Waals surface area contributed by atoms with E-state index in [0.29, 0.717) is 0 Å². The lowest BCUT2D eigenvalue weighted by atomic mass is 9.33. The molecule has 18 aromatic rings. The van der Waals surface area contributed by atoms with E-state index in [0.717, 1.165) is 128 Å². The minimum absolute atomic E-state index is 0.0495. The van der Waals surface area contributed by atoms with Gasteiger partial charge < -0.3 is 18.8 Å². The molecule has 0 radical (unpaired) electrons. The molecule has 5 heterocycles. The Labute approximate surface area is 661 Å². The standard InChI is InChI=1S/C106H88BN3OS/c1-103(2,3)72-48-39-66(40-49-72)78-31-22-32-79(67-41-50-73(51-42-67)104(4,5)6)101(78)109-88-58-47-70(77-30-24-38-96-97(77)84-29-18-21-37-95(84)112-96)61-86(88)107-85-57-56-76(108-87-35-19-16-27-82(87)98-89(108)59-60-94-99(98)83-28-17-20-36-93(83)111-94)64-90(85)110(92-63-71(62-91(109)100(92)107)65-25-14-13-15-26-65)102-80(68-43-52-74(53-44-68)105(7,8)9)33-23-34-81(102)69-45-54-75(55-46-69)106(10,11)12/h13-64H,1-12H3. The Morgan fingerprint density at radius 1 is 0.277 bits per heavy atom. The number of furan rings is 1. The number of hydrogen-bond donors (Lipinski definition) is 0. The summed E-state index contributed by atoms with van der Waals surface area (Å²) < 4.78 is 11.8. The summed E-state index contributed by atoms with van der Waals surface area (Å²) in [5, 5.41) is 7.16. The van der Waals surface area contributed by atoms with E-state index in [-0.39, 0.29) is 28.4 Å². The number of fused-ring (bicyclic) bond motifs is 14. The van der Waals surface area contributed by atoms with E-state index in [1.165, 1.54) is 80.7 Å². The molecule has 112 heavy (non-hydrogen) atoms. The van der Waals surface area contributed by atoms with Crippen molar-refractivity contribution in [2.75, 3.05) is 9.80 Å². The van der Waals surface area contributed by atoms with Crippen LogP contribution in [0, 0.1) is 0 Å². The molecule has 6 heteroatoms. The third-order valence-electron chi connectivity index (χ3n) is 24.1. The van der Waals surface area contributed by atoms with Crippen molar-refractivity contribution in [1.29, 1.82) is 0 Å². The van der Waals surface area contributed by atoms with Crippen LogP contribution in [0.25, 0.3) is 136 Å². The Hall–Kier alpha value is -12.2. The fraction of sp³-hybridized carbons (Fsp3) is 0.151. The summed E-state index contributed by atoms with van der Waals surface area (Å²) in [4.78, 5) is 5.44. The van der Waals surface area contributed by atoms with Crippen LogP contribution in [0.4, 0.5) is 34.1 Å². The van der Waals surface area contributed by atoms with Crippen molar-refractivity contribution in [2.24, 2.45) is 0 Å². The quantitative estimate of drug-likeness (QED) is 0.135. The monoisotopic (exact) mass is 1460 g/mol. The Morgan fingerprint density at radius 3 is 1.29 bits per heavy atom. The first-order valence-corrected chi connectivity index (χ1v) is 40.5. The predicted octanol–water partition coefficient (Wildman–Crippen LogP) is 28.3. The van der Waals surface area contributed by atoms with Crippen LogP contribution in [0.1, 0.15) is 105 Å². The summed E-state index contributed by atoms with van der Waals surface area (Å²) in [6.45, 7) is 27.5. The Kier molecular flexibility index (Phi) is 15.8. The molecule has 0 unspecified atom stereocenters. The lowest BCUT2D eigenvalue weighted by Gasteiger charge is -2.46. The van der Waals surface area contributed by atoms with Crippen molar-refractivity contribution in [2.45, 2.75) is 105 Å². The number of para-hydroxylation sites is 4. The first-order chi connectivity index (χ1) is 54.1. The Bertz CT molecular complexity index is 6670. The SMILES string of the molecule is CC(C)(C)c1ccc(-c2cccc(-c3ccc(C(C)(C)C)cc3)c2N2c3ccc(-c4cccc5sc6ccccc6c45)cc3B3c4ccc(-n5c6ccccc6c6c7c(ccc65)oc5ccccc57)cc4N(c4c(-c5ccc(C(C)(C)C)cc5)cccc4-c4ccc(C(C)(C)C)cc4)c4cc(-c5ccccc5)cc2c43)cc1. The first-order valence-electron chi connectivity index (χ1n) is 39.6. The van der Waals surface area contributed by atoms with Crippen molar-refractivity contribution in [3.8, 4) is 72.4 Å². The number of aromatic nitrogens is 1. The molecule has 4 nitrogen and oxygen atoms in total. The predicted molar refractivity (Wildman–Crippen MR) is 482 cm³/mol. The number of benzene rings is 15. The fourth-order valence-electron chi connectivity index (χ4n) is 18.2. The van der Waals surface area contributed by atoms with Gasteiger partial charge in [-0.1, -0.05) is 332 Å². The van der Waals surface area contributed by atoms with E-state index in [1.54, 1.807) is 0 Å². The van der Waals surface area contributed by atoms with Gasteiger partial charge in [0.15, 0.2) is 0 Å². The van der Waals surface area contributed by atoms with Crippen LogP contribution in [0.3, 0.4) is 0 Å². The molecule has 15 aromatic carbocycles. The van der Waals surface area contributed by atoms with Crippen LogP contribution in [0.5, 0.6) is 0 Å². The first kappa shape index (κ1) is 69.0. The van der Waals surface area contributed by atoms with Crippen LogP contribution in [0.15, 0.2) is 320 Å². The van der Waals surface area contributed by atoms with Gasteiger partial charge >= 0.3 is 0 Å². The highest BCUT2D eigenvalue weighted by atomic mass is 32.1. The van der Waals surface area contributed by atoms with Gasteiger partial charge in [-0.2, -0.15) is 0 Å². The minimum Gasteiger partial charge on any atom is -0.456 e. The number of nitrogens with zero attached hydrogens (tertiary/aromatic N) is 3. The Balaban J connectivity index is 0.956. The maximum absolute atomic E-state index is 6.72. The Morgan fingerprint density at radius 2 is 0.741 bits per heavy atom. The summed E-state index contributed by atoms with van der Waals surface area (Å²) >= 11 is 1.88. The molecule has 0 N–H and O–H groups in total. The number of rotatable bonds is 9. The molecule has 0 atom stereocenters. The van der Waals surface area contributed by atoms with E-state index in [9.17, 15) is 0 Å². The summed E-state index contributed by atoms with van der Waals surface area (Å²) in [5.74, 6) is 0. The lowest BCUT2D eigenvalue weighted by molar-refractivity contribution is 0.590. The molecule has 0 amide bonds. The van der Waals surface area contributed by atoms with Crippen LogP contribution >= 0.6 is 11.3 Å². The van der Waals surface area contributed by atoms with Crippen LogP contribution in [0.2, 0.25) is 0 Å². The second-order valence-electron chi connectivity index (χ2n) is 35.2. The third-order valence-corrected chi connectivity index (χ3v) is 25.2. The van der Waals surface area contributed by atoms with Gasteiger partial charge in [0.1, 0.15) is 11.2 Å². The van der Waals surface area contributed by atoms with Gasteiger partial charge in [0.05, 0.1) is 22.4 Å². The van der Waals surface area contributed by atoms with Gasteiger partial charge in [0.2, 0.25) is 0 Å². The number of thiophene rings is 1. The average Bonchev–Trinajstić information content (AvgIpc) is 0.852. The van der Waals surface area contributed by atoms with E-state index >= 15 is 0 Å². The highest BCUT2D eigenvalue weighted by Crippen LogP contribution is 2.56. The molecule has 0 aliphatic carbocycles. The van der Waals surface area contributed by atoms with Gasteiger partial charge in [-0.3, -0.25) is 0 Å². The van der Waals surface area contributed by atoms with Crippen molar-refractivity contribution in [1.82, 2.24) is 4.57 Å². The lowest BCUT2D eigenvalue weighted by Crippen LogP contribution is -2.61. The molecular weight excluding hydrogens is 1370 g/mol. The zero-order valence-electron chi connectivity index (χ0n) is 65.8. The largest absolute Gasteiger partial charge is 0.456 e. The van der Waals surface area contributed by atoms with Gasteiger partial charge in [-0.25, -0.2) is 0 Å². The second kappa shape index (κ2) is 25.7. The summed E-state index contributed by atoms with van der Waals surface area (Å²) in [6.07, 6.45) is 0. The van der Waals surface area contributed by atoms with Crippen LogP contribution < -0.4 is 26.2 Å². The van der Waals surface area contributed by atoms with Gasteiger partial charge in [0, 0.05) is 92.4 Å². The molecule has 0 saturated heterocycles. The maximum atomic E-state index is 6.72. The average molecular weight is 1460 g/mol. The van der Waals surface area contributed by atoms with E-state index in [4.69, 9.17) is 4.42 Å². The highest BCUT2D eigenvalue weighted by molar-refractivity contribution is 7.26. The third kappa shape index (κ3) is 11.2. The molecule has 3 aromatic heterocycles. The van der Waals surface area contributed by atoms with Gasteiger partial charge in [0.25, 0.3) is 6.71 Å². The topological polar surface area (TPSA) is 24.6 Å². The molecule has 0 spiro atoms. The second-order valence-corrected chi connectivity index (χ2v) is 36.3. The summed E-state index contributed by atoms with van der Waals surface area (Å²) in [5.41, 5.74) is 34.2. The van der Waals surface area contributed by atoms with Crippen molar-refractivity contribution in [3.63, 3.8) is 0 Å². The molecular formula is C106H88BN3OS. The van der Waals surface area contributed by atoms with E-state index < -0.39 is 0 Å². The van der Waals surface area contributed by atoms with E-state index in [2.05, 4.69) is 413 Å². The van der Waals surface area contributed by atoms with E-state index in [1.807, 2.05) is 11.3 Å². The molecule has 542 valence electrons. The molecule has 2 aliphatic rings. The normalized spacial score (nSPS) is 13.1. The van der Waals surface area contributed by atoms with Crippen LogP contribution in [-0.4, -0.2) is 11.3 Å². The summed E-state index contributed by atoms with van der Waals surface area (Å²) in [7, 11) is 0. The molecule has 20 rings (SSSR count). The smallest absolute Gasteiger partial charge is 0.252 e. The van der Waals surface area contributed by atoms with Crippen molar-refractivity contribution in [3.05, 3.63) is 338 Å². The number of anilines is 6. The molecule has 2 aliphatic heterocycles. The molecule has 0 fully saturated rings. The highest BCUT2D eigenvalue weighted by Gasteiger charge is 2.46. The van der Waals surface area contributed by atoms with Gasteiger partial charge in [-0.05, 0) is 172 Å². The molecule has 0 saturated carbocycles. The fourth-order valence-corrected chi connectivity index (χ4v) is 19.4. The van der Waals surface area contributed by atoms with Gasteiger partial charge in [-0.15, -0.1) is 11.3 Å².